The summed E-state index contributed by atoms with van der Waals surface area (Å²) in [5.74, 6) is 0.577. The highest BCUT2D eigenvalue weighted by Gasteiger charge is 2.17. The van der Waals surface area contributed by atoms with Crippen molar-refractivity contribution in [3.63, 3.8) is 0 Å². The van der Waals surface area contributed by atoms with Gasteiger partial charge in [-0.2, -0.15) is 0 Å². The van der Waals surface area contributed by atoms with Crippen molar-refractivity contribution in [1.82, 2.24) is 10.3 Å². The minimum atomic E-state index is -0.194. The lowest BCUT2D eigenvalue weighted by atomic mass is 10.0. The normalized spacial score (nSPS) is 11.8. The number of para-hydroxylation sites is 1. The van der Waals surface area contributed by atoms with Gasteiger partial charge in [-0.3, -0.25) is 4.79 Å². The van der Waals surface area contributed by atoms with Gasteiger partial charge in [-0.1, -0.05) is 25.1 Å². The molecule has 0 aliphatic heterocycles. The molecule has 0 saturated carbocycles. The summed E-state index contributed by atoms with van der Waals surface area (Å²) >= 11 is 3.30. The molecule has 1 amide bonds. The molecule has 2 aromatic rings. The minimum Gasteiger partial charge on any atom is -0.496 e. The highest BCUT2D eigenvalue weighted by Crippen LogP contribution is 2.27. The maximum Gasteiger partial charge on any atom is 0.270 e. The number of hydrogen-bond donors (Lipinski definition) is 1. The molecule has 5 heteroatoms. The summed E-state index contributed by atoms with van der Waals surface area (Å²) in [7, 11) is 1.63. The molecule has 4 nitrogen and oxygen atoms in total. The van der Waals surface area contributed by atoms with Crippen LogP contribution < -0.4 is 10.1 Å². The zero-order chi connectivity index (χ0) is 15.2. The average Bonchev–Trinajstić information content (AvgIpc) is 2.53. The van der Waals surface area contributed by atoms with Gasteiger partial charge in [-0.05, 0) is 40.5 Å². The first kappa shape index (κ1) is 15.5. The number of halogens is 1. The second kappa shape index (κ2) is 7.22. The van der Waals surface area contributed by atoms with Crippen LogP contribution in [0.15, 0.2) is 47.1 Å². The Morgan fingerprint density at radius 2 is 2.10 bits per heavy atom. The lowest BCUT2D eigenvalue weighted by Crippen LogP contribution is -2.29. The minimum absolute atomic E-state index is 0.112. The van der Waals surface area contributed by atoms with Crippen LogP contribution in [0.4, 0.5) is 0 Å². The van der Waals surface area contributed by atoms with Crippen LogP contribution in [0.25, 0.3) is 0 Å². The standard InChI is InChI=1S/C16H17BrN2O2/c1-3-13(12-6-4-5-7-15(12)21-2)19-16(20)14-9-8-11(17)10-18-14/h4-10,13H,3H2,1-2H3,(H,19,20). The predicted octanol–water partition coefficient (Wildman–Crippen LogP) is 3.73. The molecule has 0 radical (unpaired) electrons. The number of amides is 1. The van der Waals surface area contributed by atoms with E-state index in [-0.39, 0.29) is 11.9 Å². The highest BCUT2D eigenvalue weighted by molar-refractivity contribution is 9.10. The summed E-state index contributed by atoms with van der Waals surface area (Å²) in [6.45, 7) is 2.02. The fraction of sp³-hybridized carbons (Fsp3) is 0.250. The third-order valence-electron chi connectivity index (χ3n) is 3.19. The van der Waals surface area contributed by atoms with Crippen molar-refractivity contribution in [3.8, 4) is 5.75 Å². The number of rotatable bonds is 5. The van der Waals surface area contributed by atoms with Crippen molar-refractivity contribution < 1.29 is 9.53 Å². The van der Waals surface area contributed by atoms with E-state index in [1.54, 1.807) is 25.4 Å². The van der Waals surface area contributed by atoms with Gasteiger partial charge in [0.2, 0.25) is 0 Å². The van der Waals surface area contributed by atoms with E-state index >= 15 is 0 Å². The summed E-state index contributed by atoms with van der Waals surface area (Å²) in [5.41, 5.74) is 1.36. The van der Waals surface area contributed by atoms with Crippen LogP contribution in [-0.4, -0.2) is 18.0 Å². The smallest absolute Gasteiger partial charge is 0.270 e. The average molecular weight is 349 g/mol. The number of carbonyl (C=O) groups excluding carboxylic acids is 1. The predicted molar refractivity (Wildman–Crippen MR) is 85.4 cm³/mol. The van der Waals surface area contributed by atoms with Gasteiger partial charge in [-0.25, -0.2) is 4.98 Å². The molecule has 1 unspecified atom stereocenters. The van der Waals surface area contributed by atoms with Crippen molar-refractivity contribution in [1.29, 1.82) is 0 Å². The number of carbonyl (C=O) groups is 1. The SMILES string of the molecule is CCC(NC(=O)c1ccc(Br)cn1)c1ccccc1OC. The lowest BCUT2D eigenvalue weighted by molar-refractivity contribution is 0.0930. The maximum atomic E-state index is 12.3. The monoisotopic (exact) mass is 348 g/mol. The van der Waals surface area contributed by atoms with Crippen LogP contribution in [0, 0.1) is 0 Å². The van der Waals surface area contributed by atoms with Crippen LogP contribution in [0.2, 0.25) is 0 Å². The van der Waals surface area contributed by atoms with Crippen molar-refractivity contribution in [2.75, 3.05) is 7.11 Å². The molecular weight excluding hydrogens is 332 g/mol. The molecule has 2 rings (SSSR count). The van der Waals surface area contributed by atoms with Crippen LogP contribution >= 0.6 is 15.9 Å². The number of benzene rings is 1. The van der Waals surface area contributed by atoms with E-state index in [2.05, 4.69) is 26.2 Å². The topological polar surface area (TPSA) is 51.2 Å². The molecule has 0 aliphatic rings. The van der Waals surface area contributed by atoms with Crippen LogP contribution in [0.1, 0.15) is 35.4 Å². The first-order valence-electron chi connectivity index (χ1n) is 6.71. The molecule has 21 heavy (non-hydrogen) atoms. The van der Waals surface area contributed by atoms with Gasteiger partial charge >= 0.3 is 0 Å². The summed E-state index contributed by atoms with van der Waals surface area (Å²) in [5, 5.41) is 3.00. The van der Waals surface area contributed by atoms with E-state index in [0.29, 0.717) is 5.69 Å². The Morgan fingerprint density at radius 3 is 2.71 bits per heavy atom. The Balaban J connectivity index is 2.19. The molecular formula is C16H17BrN2O2. The van der Waals surface area contributed by atoms with Crippen molar-refractivity contribution in [2.24, 2.45) is 0 Å². The molecule has 1 atom stereocenters. The van der Waals surface area contributed by atoms with Gasteiger partial charge in [-0.15, -0.1) is 0 Å². The zero-order valence-corrected chi connectivity index (χ0v) is 13.6. The number of aromatic nitrogens is 1. The van der Waals surface area contributed by atoms with Gasteiger partial charge in [0.05, 0.1) is 13.2 Å². The van der Waals surface area contributed by atoms with E-state index in [4.69, 9.17) is 4.74 Å². The lowest BCUT2D eigenvalue weighted by Gasteiger charge is -2.19. The second-order valence-corrected chi connectivity index (χ2v) is 5.45. The molecule has 0 saturated heterocycles. The van der Waals surface area contributed by atoms with Crippen LogP contribution in [-0.2, 0) is 0 Å². The number of methoxy groups -OCH3 is 1. The Hall–Kier alpha value is -1.88. The summed E-state index contributed by atoms with van der Waals surface area (Å²) in [6, 6.07) is 11.1. The number of pyridine rings is 1. The van der Waals surface area contributed by atoms with E-state index in [9.17, 15) is 4.79 Å². The van der Waals surface area contributed by atoms with E-state index < -0.39 is 0 Å². The molecule has 1 aromatic heterocycles. The Morgan fingerprint density at radius 1 is 1.33 bits per heavy atom. The van der Waals surface area contributed by atoms with Crippen LogP contribution in [0.3, 0.4) is 0 Å². The van der Waals surface area contributed by atoms with E-state index in [1.807, 2.05) is 31.2 Å². The Labute approximate surface area is 132 Å². The molecule has 0 bridgehead atoms. The Bertz CT molecular complexity index is 614. The van der Waals surface area contributed by atoms with E-state index in [0.717, 1.165) is 22.2 Å². The molecule has 0 fully saturated rings. The fourth-order valence-electron chi connectivity index (χ4n) is 2.10. The number of hydrogen-bond acceptors (Lipinski definition) is 3. The third-order valence-corrected chi connectivity index (χ3v) is 3.66. The molecule has 0 aliphatic carbocycles. The Kier molecular flexibility index (Phi) is 5.33. The molecule has 1 aromatic carbocycles. The first-order valence-corrected chi connectivity index (χ1v) is 7.50. The highest BCUT2D eigenvalue weighted by atomic mass is 79.9. The van der Waals surface area contributed by atoms with Crippen molar-refractivity contribution >= 4 is 21.8 Å². The van der Waals surface area contributed by atoms with Gasteiger partial charge in [0.25, 0.3) is 5.91 Å². The second-order valence-electron chi connectivity index (χ2n) is 4.54. The fourth-order valence-corrected chi connectivity index (χ4v) is 2.33. The summed E-state index contributed by atoms with van der Waals surface area (Å²) in [6.07, 6.45) is 2.38. The molecule has 1 heterocycles. The van der Waals surface area contributed by atoms with Gasteiger partial charge in [0.1, 0.15) is 11.4 Å². The summed E-state index contributed by atoms with van der Waals surface area (Å²) < 4.78 is 6.20. The largest absolute Gasteiger partial charge is 0.496 e. The molecule has 110 valence electrons. The number of ether oxygens (including phenoxy) is 1. The van der Waals surface area contributed by atoms with Gasteiger partial charge in [0.15, 0.2) is 0 Å². The molecule has 1 N–H and O–H groups in total. The van der Waals surface area contributed by atoms with Crippen molar-refractivity contribution in [3.05, 3.63) is 58.3 Å². The number of nitrogens with zero attached hydrogens (tertiary/aromatic N) is 1. The van der Waals surface area contributed by atoms with Crippen LogP contribution in [0.5, 0.6) is 5.75 Å². The van der Waals surface area contributed by atoms with E-state index in [1.165, 1.54) is 0 Å². The maximum absolute atomic E-state index is 12.3. The molecule has 0 spiro atoms. The quantitative estimate of drug-likeness (QED) is 0.895. The zero-order valence-electron chi connectivity index (χ0n) is 12.0. The first-order chi connectivity index (χ1) is 10.2. The van der Waals surface area contributed by atoms with Gasteiger partial charge in [0, 0.05) is 16.2 Å². The summed E-state index contributed by atoms with van der Waals surface area (Å²) in [4.78, 5) is 16.4. The number of nitrogens with one attached hydrogen (secondary N) is 1. The van der Waals surface area contributed by atoms with Gasteiger partial charge < -0.3 is 10.1 Å². The van der Waals surface area contributed by atoms with Crippen molar-refractivity contribution in [2.45, 2.75) is 19.4 Å². The third kappa shape index (κ3) is 3.82.